The van der Waals surface area contributed by atoms with Crippen LogP contribution in [0.15, 0.2) is 5.41 Å². The lowest BCUT2D eigenvalue weighted by molar-refractivity contribution is 0.233. The number of rotatable bonds is 3. The third-order valence-corrected chi connectivity index (χ3v) is 6.70. The molecule has 0 saturated carbocycles. The van der Waals surface area contributed by atoms with Crippen LogP contribution in [0.25, 0.3) is 0 Å². The normalized spacial score (nSPS) is 15.8. The maximum atomic E-state index is 10.6. The molecule has 1 N–H and O–H groups in total. The monoisotopic (exact) mass is 263 g/mol. The maximum Gasteiger partial charge on any atom is 0.287 e. The predicted octanol–water partition coefficient (Wildman–Crippen LogP) is 2.20. The molecule has 0 aromatic heterocycles. The second-order valence-corrected chi connectivity index (χ2v) is 9.22. The van der Waals surface area contributed by atoms with E-state index in [-0.39, 0.29) is 10.8 Å². The largest absolute Gasteiger partial charge is 0.287 e. The SMILES string of the molecule is CC(C)(C)C([SiH2]/[C]=C/S(=O)(=O)O)C(C)(C)C. The van der Waals surface area contributed by atoms with Gasteiger partial charge in [-0.2, -0.15) is 8.42 Å². The maximum absolute atomic E-state index is 10.6. The van der Waals surface area contributed by atoms with Crippen molar-refractivity contribution in [2.45, 2.75) is 47.1 Å². The van der Waals surface area contributed by atoms with Crippen LogP contribution in [0.5, 0.6) is 0 Å². The first-order valence-electron chi connectivity index (χ1n) is 5.38. The van der Waals surface area contributed by atoms with Gasteiger partial charge in [-0.1, -0.05) is 47.2 Å². The molecule has 3 nitrogen and oxygen atoms in total. The first-order chi connectivity index (χ1) is 6.84. The van der Waals surface area contributed by atoms with Crippen molar-refractivity contribution in [1.82, 2.24) is 0 Å². The van der Waals surface area contributed by atoms with Crippen LogP contribution >= 0.6 is 0 Å². The van der Waals surface area contributed by atoms with Crippen LogP contribution in [0.1, 0.15) is 41.5 Å². The van der Waals surface area contributed by atoms with Gasteiger partial charge in [0.1, 0.15) is 0 Å². The molecule has 0 amide bonds. The second kappa shape index (κ2) is 5.02. The molecular formula is C11H23O3SSi. The highest BCUT2D eigenvalue weighted by Gasteiger charge is 2.33. The van der Waals surface area contributed by atoms with Gasteiger partial charge < -0.3 is 0 Å². The molecule has 16 heavy (non-hydrogen) atoms. The minimum absolute atomic E-state index is 0.129. The van der Waals surface area contributed by atoms with Crippen molar-refractivity contribution in [3.05, 3.63) is 11.1 Å². The number of hydrogen-bond acceptors (Lipinski definition) is 2. The average Bonchev–Trinajstić information content (AvgIpc) is 1.90. The zero-order valence-electron chi connectivity index (χ0n) is 11.0. The lowest BCUT2D eigenvalue weighted by Crippen LogP contribution is -2.31. The molecule has 0 aliphatic rings. The summed E-state index contributed by atoms with van der Waals surface area (Å²) >= 11 is 0. The predicted molar refractivity (Wildman–Crippen MR) is 70.6 cm³/mol. The van der Waals surface area contributed by atoms with E-state index in [1.165, 1.54) is 0 Å². The van der Waals surface area contributed by atoms with Crippen LogP contribution in [-0.2, 0) is 10.1 Å². The van der Waals surface area contributed by atoms with Crippen molar-refractivity contribution in [3.63, 3.8) is 0 Å². The Morgan fingerprint density at radius 1 is 1.12 bits per heavy atom. The fourth-order valence-corrected chi connectivity index (χ4v) is 4.87. The second-order valence-electron chi connectivity index (χ2n) is 6.33. The molecule has 0 aliphatic carbocycles. The molecule has 0 fully saturated rings. The highest BCUT2D eigenvalue weighted by molar-refractivity contribution is 7.88. The Kier molecular flexibility index (Phi) is 4.98. The summed E-state index contributed by atoms with van der Waals surface area (Å²) in [6.07, 6.45) is 0. The lowest BCUT2D eigenvalue weighted by atomic mass is 9.77. The number of hydrogen-bond donors (Lipinski definition) is 1. The van der Waals surface area contributed by atoms with Crippen molar-refractivity contribution in [1.29, 1.82) is 0 Å². The van der Waals surface area contributed by atoms with Crippen LogP contribution in [0.2, 0.25) is 5.54 Å². The van der Waals surface area contributed by atoms with E-state index in [0.717, 1.165) is 5.41 Å². The summed E-state index contributed by atoms with van der Waals surface area (Å²) in [5.41, 5.74) is 3.50. The summed E-state index contributed by atoms with van der Waals surface area (Å²) in [4.78, 5) is 0. The quantitative estimate of drug-likeness (QED) is 0.627. The summed E-state index contributed by atoms with van der Waals surface area (Å²) < 4.78 is 29.8. The molecule has 0 bridgehead atoms. The van der Waals surface area contributed by atoms with Gasteiger partial charge in [0.2, 0.25) is 0 Å². The molecule has 0 aliphatic heterocycles. The average molecular weight is 263 g/mol. The summed E-state index contributed by atoms with van der Waals surface area (Å²) in [7, 11) is -4.82. The molecule has 5 heteroatoms. The van der Waals surface area contributed by atoms with Crippen molar-refractivity contribution in [2.24, 2.45) is 10.8 Å². The lowest BCUT2D eigenvalue weighted by Gasteiger charge is -2.40. The zero-order valence-corrected chi connectivity index (χ0v) is 13.3. The van der Waals surface area contributed by atoms with Crippen LogP contribution in [0.4, 0.5) is 0 Å². The molecule has 0 heterocycles. The molecule has 95 valence electrons. The van der Waals surface area contributed by atoms with Gasteiger partial charge in [-0.15, -0.1) is 0 Å². The molecule has 0 spiro atoms. The van der Waals surface area contributed by atoms with Crippen molar-refractivity contribution < 1.29 is 13.0 Å². The molecular weight excluding hydrogens is 240 g/mol. The summed E-state index contributed by atoms with van der Waals surface area (Å²) in [6, 6.07) is 0. The third kappa shape index (κ3) is 6.45. The van der Waals surface area contributed by atoms with Crippen LogP contribution in [-0.4, -0.2) is 22.5 Å². The van der Waals surface area contributed by atoms with Gasteiger partial charge in [-0.3, -0.25) is 4.55 Å². The van der Waals surface area contributed by atoms with Crippen LogP contribution in [0, 0.1) is 16.5 Å². The molecule has 0 aromatic rings. The van der Waals surface area contributed by atoms with E-state index in [1.807, 2.05) is 0 Å². The van der Waals surface area contributed by atoms with Crippen molar-refractivity contribution in [3.8, 4) is 0 Å². The van der Waals surface area contributed by atoms with E-state index >= 15 is 0 Å². The molecule has 0 unspecified atom stereocenters. The minimum Gasteiger partial charge on any atom is -0.282 e. The molecule has 0 atom stereocenters. The van der Waals surface area contributed by atoms with E-state index in [0.29, 0.717) is 5.54 Å². The minimum atomic E-state index is -4.01. The summed E-state index contributed by atoms with van der Waals surface area (Å²) in [5.74, 6) is 0. The fraction of sp³-hybridized carbons (Fsp3) is 0.818. The van der Waals surface area contributed by atoms with Gasteiger partial charge in [0, 0.05) is 0 Å². The Morgan fingerprint density at radius 2 is 1.50 bits per heavy atom. The highest BCUT2D eigenvalue weighted by Crippen LogP contribution is 2.44. The van der Waals surface area contributed by atoms with E-state index < -0.39 is 19.6 Å². The Morgan fingerprint density at radius 3 is 1.75 bits per heavy atom. The van der Waals surface area contributed by atoms with Gasteiger partial charge in [0.05, 0.1) is 14.9 Å². The highest BCUT2D eigenvalue weighted by atomic mass is 32.2. The Hall–Kier alpha value is -0.133. The summed E-state index contributed by atoms with van der Waals surface area (Å²) in [5, 5.41) is 0.809. The summed E-state index contributed by atoms with van der Waals surface area (Å²) in [6.45, 7) is 12.9. The van der Waals surface area contributed by atoms with Gasteiger partial charge in [-0.25, -0.2) is 0 Å². The van der Waals surface area contributed by atoms with Crippen molar-refractivity contribution in [2.75, 3.05) is 0 Å². The molecule has 0 rings (SSSR count). The van der Waals surface area contributed by atoms with Crippen LogP contribution < -0.4 is 0 Å². The van der Waals surface area contributed by atoms with Crippen LogP contribution in [0.3, 0.4) is 0 Å². The molecule has 1 radical (unpaired) electrons. The Bertz CT molecular complexity index is 330. The van der Waals surface area contributed by atoms with E-state index in [2.05, 4.69) is 47.2 Å². The van der Waals surface area contributed by atoms with Gasteiger partial charge in [0.25, 0.3) is 10.1 Å². The third-order valence-electron chi connectivity index (χ3n) is 2.65. The smallest absolute Gasteiger partial charge is 0.282 e. The van der Waals surface area contributed by atoms with E-state index in [9.17, 15) is 8.42 Å². The molecule has 0 aromatic carbocycles. The fourth-order valence-electron chi connectivity index (χ4n) is 2.18. The van der Waals surface area contributed by atoms with Gasteiger partial charge >= 0.3 is 0 Å². The van der Waals surface area contributed by atoms with Crippen molar-refractivity contribution >= 4 is 19.6 Å². The van der Waals surface area contributed by atoms with E-state index in [1.54, 1.807) is 0 Å². The van der Waals surface area contributed by atoms with Gasteiger partial charge in [0.15, 0.2) is 0 Å². The van der Waals surface area contributed by atoms with Gasteiger partial charge in [-0.05, 0) is 16.4 Å². The molecule has 0 saturated heterocycles. The Balaban J connectivity index is 4.80. The van der Waals surface area contributed by atoms with E-state index in [4.69, 9.17) is 4.55 Å². The standard InChI is InChI=1S/C11H23O3SSi/c1-10(2,3)9(11(4,5)6)16-8-7-15(12,13)14/h7,9H,16H2,1-6H3,(H,12,13,14). The topological polar surface area (TPSA) is 54.4 Å². The Labute approximate surface area is 102 Å². The first kappa shape index (κ1) is 15.9. The first-order valence-corrected chi connectivity index (χ1v) is 8.41. The zero-order chi connectivity index (χ0) is 13.2.